The van der Waals surface area contributed by atoms with Gasteiger partial charge in [0.2, 0.25) is 0 Å². The van der Waals surface area contributed by atoms with Crippen molar-refractivity contribution in [2.75, 3.05) is 11.1 Å². The van der Waals surface area contributed by atoms with Crippen LogP contribution >= 0.6 is 0 Å². The van der Waals surface area contributed by atoms with Gasteiger partial charge in [-0.1, -0.05) is 36.4 Å². The third kappa shape index (κ3) is 2.98. The maximum atomic E-state index is 9.05. The first-order chi connectivity index (χ1) is 8.29. The number of nitrogens with two attached hydrogens (primary N) is 1. The Kier molecular flexibility index (Phi) is 3.62. The number of aliphatic hydroxyl groups excluding tert-OH is 1. The van der Waals surface area contributed by atoms with E-state index in [0.717, 1.165) is 22.5 Å². The van der Waals surface area contributed by atoms with Gasteiger partial charge in [0.1, 0.15) is 0 Å². The molecule has 0 fully saturated rings. The molecule has 0 aliphatic heterocycles. The number of hydrogen-bond donors (Lipinski definition) is 3. The first-order valence-corrected chi connectivity index (χ1v) is 5.56. The smallest absolute Gasteiger partial charge is 0.0681 e. The van der Waals surface area contributed by atoms with E-state index >= 15 is 0 Å². The van der Waals surface area contributed by atoms with Crippen molar-refractivity contribution in [2.45, 2.75) is 13.2 Å². The fourth-order valence-corrected chi connectivity index (χ4v) is 1.69. The van der Waals surface area contributed by atoms with Gasteiger partial charge in [-0.2, -0.15) is 0 Å². The van der Waals surface area contributed by atoms with Crippen molar-refractivity contribution in [3.63, 3.8) is 0 Å². The Hall–Kier alpha value is -2.00. The van der Waals surface area contributed by atoms with Gasteiger partial charge in [0.25, 0.3) is 0 Å². The van der Waals surface area contributed by atoms with Gasteiger partial charge in [0.05, 0.1) is 18.0 Å². The van der Waals surface area contributed by atoms with Gasteiger partial charge < -0.3 is 16.2 Å². The lowest BCUT2D eigenvalue weighted by Crippen LogP contribution is -2.02. The molecule has 0 aliphatic carbocycles. The highest BCUT2D eigenvalue weighted by atomic mass is 16.3. The minimum atomic E-state index is 0.0707. The van der Waals surface area contributed by atoms with E-state index in [9.17, 15) is 0 Å². The fourth-order valence-electron chi connectivity index (χ4n) is 1.69. The zero-order valence-corrected chi connectivity index (χ0v) is 9.56. The quantitative estimate of drug-likeness (QED) is 0.704. The number of anilines is 2. The van der Waals surface area contributed by atoms with Crippen LogP contribution in [0, 0.1) is 0 Å². The van der Waals surface area contributed by atoms with Crippen LogP contribution in [0.5, 0.6) is 0 Å². The summed E-state index contributed by atoms with van der Waals surface area (Å²) < 4.78 is 0. The minimum absolute atomic E-state index is 0.0707. The van der Waals surface area contributed by atoms with E-state index in [1.54, 1.807) is 0 Å². The van der Waals surface area contributed by atoms with Gasteiger partial charge in [-0.25, -0.2) is 0 Å². The van der Waals surface area contributed by atoms with Crippen molar-refractivity contribution < 1.29 is 5.11 Å². The molecule has 3 heteroatoms. The van der Waals surface area contributed by atoms with Crippen molar-refractivity contribution in [2.24, 2.45) is 0 Å². The molecule has 0 radical (unpaired) electrons. The molecule has 0 saturated carbocycles. The second-order valence-electron chi connectivity index (χ2n) is 3.92. The lowest BCUT2D eigenvalue weighted by atomic mass is 10.1. The molecule has 0 heterocycles. The number of rotatable bonds is 4. The molecule has 17 heavy (non-hydrogen) atoms. The molecule has 0 spiro atoms. The highest BCUT2D eigenvalue weighted by molar-refractivity contribution is 5.65. The second-order valence-corrected chi connectivity index (χ2v) is 3.92. The predicted molar refractivity (Wildman–Crippen MR) is 70.5 cm³/mol. The van der Waals surface area contributed by atoms with Crippen LogP contribution in [-0.2, 0) is 13.2 Å². The second kappa shape index (κ2) is 5.37. The first kappa shape index (κ1) is 11.5. The van der Waals surface area contributed by atoms with Crippen molar-refractivity contribution in [3.05, 3.63) is 59.7 Å². The first-order valence-electron chi connectivity index (χ1n) is 5.56. The summed E-state index contributed by atoms with van der Waals surface area (Å²) in [6.07, 6.45) is 0. The van der Waals surface area contributed by atoms with Crippen LogP contribution in [0.3, 0.4) is 0 Å². The van der Waals surface area contributed by atoms with Crippen LogP contribution in [0.4, 0.5) is 11.4 Å². The SMILES string of the molecule is Nc1ccccc1NCc1cccc(CO)c1. The van der Waals surface area contributed by atoms with E-state index in [4.69, 9.17) is 10.8 Å². The predicted octanol–water partition coefficient (Wildman–Crippen LogP) is 2.37. The number of nitrogen functional groups attached to an aromatic ring is 1. The van der Waals surface area contributed by atoms with Crippen molar-refractivity contribution in [3.8, 4) is 0 Å². The number of nitrogens with one attached hydrogen (secondary N) is 1. The molecule has 0 atom stereocenters. The van der Waals surface area contributed by atoms with Gasteiger partial charge in [-0.05, 0) is 23.3 Å². The van der Waals surface area contributed by atoms with Gasteiger partial charge in [-0.3, -0.25) is 0 Å². The summed E-state index contributed by atoms with van der Waals surface area (Å²) in [5.74, 6) is 0. The van der Waals surface area contributed by atoms with E-state index in [1.807, 2.05) is 48.5 Å². The largest absolute Gasteiger partial charge is 0.397 e. The average molecular weight is 228 g/mol. The van der Waals surface area contributed by atoms with E-state index in [0.29, 0.717) is 6.54 Å². The highest BCUT2D eigenvalue weighted by Gasteiger charge is 1.98. The summed E-state index contributed by atoms with van der Waals surface area (Å²) >= 11 is 0. The molecule has 0 aliphatic rings. The average Bonchev–Trinajstić information content (AvgIpc) is 2.38. The van der Waals surface area contributed by atoms with Crippen LogP contribution in [0.1, 0.15) is 11.1 Å². The fraction of sp³-hybridized carbons (Fsp3) is 0.143. The van der Waals surface area contributed by atoms with Gasteiger partial charge in [0, 0.05) is 6.54 Å². The summed E-state index contributed by atoms with van der Waals surface area (Å²) in [6, 6.07) is 15.5. The number of para-hydroxylation sites is 2. The van der Waals surface area contributed by atoms with Crippen molar-refractivity contribution in [1.29, 1.82) is 0 Å². The monoisotopic (exact) mass is 228 g/mol. The van der Waals surface area contributed by atoms with Gasteiger partial charge in [0.15, 0.2) is 0 Å². The van der Waals surface area contributed by atoms with E-state index in [2.05, 4.69) is 5.32 Å². The van der Waals surface area contributed by atoms with Crippen LogP contribution in [0.2, 0.25) is 0 Å². The topological polar surface area (TPSA) is 58.3 Å². The normalized spacial score (nSPS) is 10.2. The Morgan fingerprint density at radius 1 is 1.00 bits per heavy atom. The summed E-state index contributed by atoms with van der Waals surface area (Å²) in [5.41, 5.74) is 9.56. The van der Waals surface area contributed by atoms with Gasteiger partial charge >= 0.3 is 0 Å². The molecule has 0 unspecified atom stereocenters. The molecular weight excluding hydrogens is 212 g/mol. The molecule has 4 N–H and O–H groups in total. The molecule has 3 nitrogen and oxygen atoms in total. The molecule has 88 valence electrons. The van der Waals surface area contributed by atoms with E-state index < -0.39 is 0 Å². The molecule has 0 bridgehead atoms. The number of aliphatic hydroxyl groups is 1. The molecule has 2 aromatic carbocycles. The van der Waals surface area contributed by atoms with Crippen LogP contribution in [0.15, 0.2) is 48.5 Å². The molecule has 0 amide bonds. The minimum Gasteiger partial charge on any atom is -0.397 e. The summed E-state index contributed by atoms with van der Waals surface area (Å²) in [6.45, 7) is 0.767. The Bertz CT molecular complexity index is 497. The Morgan fingerprint density at radius 3 is 2.53 bits per heavy atom. The Balaban J connectivity index is 2.05. The molecular formula is C14H16N2O. The molecule has 2 rings (SSSR count). The number of benzene rings is 2. The third-order valence-corrected chi connectivity index (χ3v) is 2.62. The van der Waals surface area contributed by atoms with E-state index in [-0.39, 0.29) is 6.61 Å². The molecule has 0 aromatic heterocycles. The maximum absolute atomic E-state index is 9.05. The molecule has 0 saturated heterocycles. The summed E-state index contributed by atoms with van der Waals surface area (Å²) in [4.78, 5) is 0. The Morgan fingerprint density at radius 2 is 1.76 bits per heavy atom. The number of hydrogen-bond acceptors (Lipinski definition) is 3. The van der Waals surface area contributed by atoms with Crippen LogP contribution in [0.25, 0.3) is 0 Å². The maximum Gasteiger partial charge on any atom is 0.0681 e. The summed E-state index contributed by atoms with van der Waals surface area (Å²) in [5, 5.41) is 12.3. The van der Waals surface area contributed by atoms with Crippen LogP contribution < -0.4 is 11.1 Å². The van der Waals surface area contributed by atoms with Crippen molar-refractivity contribution >= 4 is 11.4 Å². The lowest BCUT2D eigenvalue weighted by Gasteiger charge is -2.09. The highest BCUT2D eigenvalue weighted by Crippen LogP contribution is 2.17. The van der Waals surface area contributed by atoms with Gasteiger partial charge in [-0.15, -0.1) is 0 Å². The zero-order chi connectivity index (χ0) is 12.1. The molecule has 2 aromatic rings. The third-order valence-electron chi connectivity index (χ3n) is 2.62. The van der Waals surface area contributed by atoms with Crippen molar-refractivity contribution in [1.82, 2.24) is 0 Å². The standard InChI is InChI=1S/C14H16N2O/c15-13-6-1-2-7-14(13)16-9-11-4-3-5-12(8-11)10-17/h1-8,16-17H,9-10,15H2. The van der Waals surface area contributed by atoms with E-state index in [1.165, 1.54) is 0 Å². The zero-order valence-electron chi connectivity index (χ0n) is 9.56. The lowest BCUT2D eigenvalue weighted by molar-refractivity contribution is 0.281. The Labute approximate surface area is 101 Å². The summed E-state index contributed by atoms with van der Waals surface area (Å²) in [7, 11) is 0. The van der Waals surface area contributed by atoms with Crippen LogP contribution in [-0.4, -0.2) is 5.11 Å².